The van der Waals surface area contributed by atoms with Crippen molar-refractivity contribution in [3.8, 4) is 5.75 Å². The van der Waals surface area contributed by atoms with E-state index in [1.54, 1.807) is 0 Å². The van der Waals surface area contributed by atoms with Crippen molar-refractivity contribution >= 4 is 33.2 Å². The number of hydrogen-bond donors (Lipinski definition) is 0. The van der Waals surface area contributed by atoms with Gasteiger partial charge in [0.15, 0.2) is 4.47 Å². The summed E-state index contributed by atoms with van der Waals surface area (Å²) in [5.41, 5.74) is 0.395. The Labute approximate surface area is 91.3 Å². The number of alkyl halides is 3. The molecule has 1 aromatic heterocycles. The Balaban J connectivity index is 2.38. The third kappa shape index (κ3) is 2.51. The second-order valence-electron chi connectivity index (χ2n) is 2.64. The van der Waals surface area contributed by atoms with Gasteiger partial charge in [-0.05, 0) is 12.1 Å². The van der Waals surface area contributed by atoms with Crippen molar-refractivity contribution in [3.05, 3.63) is 22.7 Å². The Bertz CT molecular complexity index is 496. The van der Waals surface area contributed by atoms with E-state index in [1.165, 1.54) is 29.5 Å². The molecule has 0 N–H and O–H groups in total. The van der Waals surface area contributed by atoms with Crippen LogP contribution in [0, 0.1) is 0 Å². The summed E-state index contributed by atoms with van der Waals surface area (Å²) >= 11 is 6.81. The molecule has 0 saturated heterocycles. The van der Waals surface area contributed by atoms with Gasteiger partial charge < -0.3 is 4.74 Å². The van der Waals surface area contributed by atoms with Gasteiger partial charge in [-0.3, -0.25) is 0 Å². The van der Waals surface area contributed by atoms with Crippen molar-refractivity contribution < 1.29 is 17.9 Å². The quantitative estimate of drug-likeness (QED) is 0.770. The molecule has 0 amide bonds. The summed E-state index contributed by atoms with van der Waals surface area (Å²) in [6, 6.07) is 3.91. The lowest BCUT2D eigenvalue weighted by molar-refractivity contribution is -0.274. The molecule has 0 aliphatic carbocycles. The minimum Gasteiger partial charge on any atom is -0.406 e. The normalized spacial score (nSPS) is 12.0. The van der Waals surface area contributed by atoms with Gasteiger partial charge in [0.1, 0.15) is 5.75 Å². The van der Waals surface area contributed by atoms with Crippen LogP contribution in [-0.4, -0.2) is 11.3 Å². The molecule has 1 heterocycles. The standard InChI is InChI=1S/C8H3ClF3NOS/c9-7-13-5-3-4(14-8(10,11)12)1-2-6(5)15-7/h1-3H. The SMILES string of the molecule is FC(F)(F)Oc1ccc2sc(Cl)nc2c1. The summed E-state index contributed by atoms with van der Waals surface area (Å²) in [6.45, 7) is 0. The molecule has 2 nitrogen and oxygen atoms in total. The molecule has 2 aromatic rings. The molecule has 1 aromatic carbocycles. The van der Waals surface area contributed by atoms with Crippen LogP contribution in [0.15, 0.2) is 18.2 Å². The number of fused-ring (bicyclic) bond motifs is 1. The Morgan fingerprint density at radius 1 is 1.33 bits per heavy atom. The molecule has 0 aliphatic heterocycles. The molecule has 0 radical (unpaired) electrons. The van der Waals surface area contributed by atoms with Crippen LogP contribution in [0.1, 0.15) is 0 Å². The van der Waals surface area contributed by atoms with Gasteiger partial charge in [-0.1, -0.05) is 11.6 Å². The highest BCUT2D eigenvalue weighted by molar-refractivity contribution is 7.22. The smallest absolute Gasteiger partial charge is 0.406 e. The highest BCUT2D eigenvalue weighted by Gasteiger charge is 2.31. The molecule has 7 heteroatoms. The van der Waals surface area contributed by atoms with Crippen molar-refractivity contribution in [2.75, 3.05) is 0 Å². The molecule has 0 spiro atoms. The van der Waals surface area contributed by atoms with E-state index in [-0.39, 0.29) is 10.2 Å². The topological polar surface area (TPSA) is 22.1 Å². The maximum Gasteiger partial charge on any atom is 0.573 e. The fourth-order valence-corrected chi connectivity index (χ4v) is 2.09. The van der Waals surface area contributed by atoms with Crippen molar-refractivity contribution in [1.29, 1.82) is 0 Å². The molecule has 0 unspecified atom stereocenters. The molecule has 0 saturated carbocycles. The lowest BCUT2D eigenvalue weighted by atomic mass is 10.3. The van der Waals surface area contributed by atoms with E-state index < -0.39 is 6.36 Å². The minimum atomic E-state index is -4.69. The third-order valence-corrected chi connectivity index (χ3v) is 2.71. The Morgan fingerprint density at radius 3 is 2.73 bits per heavy atom. The van der Waals surface area contributed by atoms with Crippen molar-refractivity contribution in [3.63, 3.8) is 0 Å². The van der Waals surface area contributed by atoms with Crippen LogP contribution in [0.5, 0.6) is 5.75 Å². The van der Waals surface area contributed by atoms with E-state index in [1.807, 2.05) is 0 Å². The fraction of sp³-hybridized carbons (Fsp3) is 0.125. The monoisotopic (exact) mass is 253 g/mol. The van der Waals surface area contributed by atoms with Crippen molar-refractivity contribution in [1.82, 2.24) is 4.98 Å². The lowest BCUT2D eigenvalue weighted by Gasteiger charge is -2.07. The van der Waals surface area contributed by atoms with Crippen LogP contribution in [0.4, 0.5) is 13.2 Å². The molecular weight excluding hydrogens is 251 g/mol. The highest BCUT2D eigenvalue weighted by Crippen LogP contribution is 2.30. The van der Waals surface area contributed by atoms with Gasteiger partial charge in [-0.2, -0.15) is 0 Å². The van der Waals surface area contributed by atoms with Gasteiger partial charge in [0, 0.05) is 6.07 Å². The molecule has 0 atom stereocenters. The number of halogens is 4. The zero-order valence-corrected chi connectivity index (χ0v) is 8.58. The van der Waals surface area contributed by atoms with Gasteiger partial charge in [0.25, 0.3) is 0 Å². The molecule has 2 rings (SSSR count). The van der Waals surface area contributed by atoms with E-state index in [0.717, 1.165) is 4.70 Å². The maximum atomic E-state index is 11.9. The van der Waals surface area contributed by atoms with E-state index in [2.05, 4.69) is 9.72 Å². The number of ether oxygens (including phenoxy) is 1. The average Bonchev–Trinajstić information content (AvgIpc) is 2.40. The van der Waals surface area contributed by atoms with Gasteiger partial charge >= 0.3 is 6.36 Å². The first kappa shape index (κ1) is 10.5. The second-order valence-corrected chi connectivity index (χ2v) is 4.26. The Hall–Kier alpha value is -1.01. The highest BCUT2D eigenvalue weighted by atomic mass is 35.5. The first-order chi connectivity index (χ1) is 6.94. The second kappa shape index (κ2) is 3.53. The Kier molecular flexibility index (Phi) is 2.47. The summed E-state index contributed by atoms with van der Waals surface area (Å²) in [7, 11) is 0. The first-order valence-corrected chi connectivity index (χ1v) is 4.95. The average molecular weight is 254 g/mol. The number of aromatic nitrogens is 1. The van der Waals surface area contributed by atoms with Gasteiger partial charge in [-0.15, -0.1) is 24.5 Å². The molecule has 15 heavy (non-hydrogen) atoms. The summed E-state index contributed by atoms with van der Waals surface area (Å²) < 4.78 is 40.4. The maximum absolute atomic E-state index is 11.9. The van der Waals surface area contributed by atoms with Crippen LogP contribution in [0.3, 0.4) is 0 Å². The van der Waals surface area contributed by atoms with Crippen LogP contribution < -0.4 is 4.74 Å². The molecule has 0 bridgehead atoms. The zero-order valence-electron chi connectivity index (χ0n) is 7.01. The number of nitrogens with zero attached hydrogens (tertiary/aromatic N) is 1. The van der Waals surface area contributed by atoms with E-state index in [9.17, 15) is 13.2 Å². The number of thiazole rings is 1. The van der Waals surface area contributed by atoms with Gasteiger partial charge in [0.05, 0.1) is 10.2 Å². The van der Waals surface area contributed by atoms with Crippen molar-refractivity contribution in [2.45, 2.75) is 6.36 Å². The number of rotatable bonds is 1. The third-order valence-electron chi connectivity index (χ3n) is 1.57. The van der Waals surface area contributed by atoms with Crippen LogP contribution in [0.25, 0.3) is 10.2 Å². The largest absolute Gasteiger partial charge is 0.573 e. The predicted octanol–water partition coefficient (Wildman–Crippen LogP) is 3.85. The molecule has 0 aliphatic rings. The Morgan fingerprint density at radius 2 is 2.07 bits per heavy atom. The summed E-state index contributed by atoms with van der Waals surface area (Å²) in [5.74, 6) is -0.294. The van der Waals surface area contributed by atoms with Crippen LogP contribution in [0.2, 0.25) is 4.47 Å². The van der Waals surface area contributed by atoms with E-state index in [0.29, 0.717) is 5.52 Å². The van der Waals surface area contributed by atoms with Crippen molar-refractivity contribution in [2.24, 2.45) is 0 Å². The number of hydrogen-bond acceptors (Lipinski definition) is 3. The molecule has 0 fully saturated rings. The predicted molar refractivity (Wildman–Crippen MR) is 51.3 cm³/mol. The van der Waals surface area contributed by atoms with Crippen LogP contribution in [-0.2, 0) is 0 Å². The minimum absolute atomic E-state index is 0.286. The number of benzene rings is 1. The summed E-state index contributed by atoms with van der Waals surface area (Å²) in [6.07, 6.45) is -4.69. The zero-order chi connectivity index (χ0) is 11.1. The lowest BCUT2D eigenvalue weighted by Crippen LogP contribution is -2.16. The van der Waals surface area contributed by atoms with E-state index in [4.69, 9.17) is 11.6 Å². The van der Waals surface area contributed by atoms with Crippen LogP contribution >= 0.6 is 22.9 Å². The van der Waals surface area contributed by atoms with Gasteiger partial charge in [-0.25, -0.2) is 4.98 Å². The summed E-state index contributed by atoms with van der Waals surface area (Å²) in [4.78, 5) is 3.84. The fourth-order valence-electron chi connectivity index (χ4n) is 1.08. The summed E-state index contributed by atoms with van der Waals surface area (Å²) in [5, 5.41) is 0. The van der Waals surface area contributed by atoms with E-state index >= 15 is 0 Å². The molecular formula is C8H3ClF3NOS. The molecule has 80 valence electrons. The van der Waals surface area contributed by atoms with Gasteiger partial charge in [0.2, 0.25) is 0 Å². The first-order valence-electron chi connectivity index (χ1n) is 3.76.